The fraction of sp³-hybridized carbons (Fsp3) is 0.214. The molecule has 1 aromatic carbocycles. The molecule has 0 spiro atoms. The van der Waals surface area contributed by atoms with Crippen molar-refractivity contribution in [2.45, 2.75) is 20.8 Å². The van der Waals surface area contributed by atoms with Crippen LogP contribution in [0.1, 0.15) is 20.8 Å². The number of nitrogens with zero attached hydrogens (tertiary/aromatic N) is 1. The summed E-state index contributed by atoms with van der Waals surface area (Å²) in [5.74, 6) is 0. The van der Waals surface area contributed by atoms with Crippen molar-refractivity contribution in [2.75, 3.05) is 5.43 Å². The first-order valence-electron chi connectivity index (χ1n) is 5.33. The van der Waals surface area contributed by atoms with E-state index in [9.17, 15) is 0 Å². The lowest BCUT2D eigenvalue weighted by Gasteiger charge is -2.06. The summed E-state index contributed by atoms with van der Waals surface area (Å²) in [4.78, 5) is 0. The summed E-state index contributed by atoms with van der Waals surface area (Å²) >= 11 is 0. The molecular formula is C14H18N2. The van der Waals surface area contributed by atoms with E-state index >= 15 is 0 Å². The number of anilines is 1. The highest BCUT2D eigenvalue weighted by atomic mass is 15.3. The average Bonchev–Trinajstić information content (AvgIpc) is 2.28. The predicted molar refractivity (Wildman–Crippen MR) is 71.7 cm³/mol. The summed E-state index contributed by atoms with van der Waals surface area (Å²) in [5.41, 5.74) is 7.06. The number of hydrogen-bond donors (Lipinski definition) is 1. The summed E-state index contributed by atoms with van der Waals surface area (Å²) in [5, 5.41) is 4.32. The molecule has 0 atom stereocenters. The third kappa shape index (κ3) is 3.39. The Kier molecular flexibility index (Phi) is 4.52. The van der Waals surface area contributed by atoms with Gasteiger partial charge in [0.1, 0.15) is 0 Å². The highest BCUT2D eigenvalue weighted by molar-refractivity contribution is 6.02. The van der Waals surface area contributed by atoms with Crippen LogP contribution in [-0.2, 0) is 0 Å². The van der Waals surface area contributed by atoms with E-state index < -0.39 is 0 Å². The fourth-order valence-corrected chi connectivity index (χ4v) is 1.49. The Bertz CT molecular complexity index is 414. The SMILES string of the molecule is C=C(C)C(=C\C)/C(C)=N\Nc1ccccc1. The lowest BCUT2D eigenvalue weighted by molar-refractivity contribution is 1.31. The first-order chi connectivity index (χ1) is 7.65. The minimum Gasteiger partial charge on any atom is -0.278 e. The van der Waals surface area contributed by atoms with E-state index in [-0.39, 0.29) is 0 Å². The van der Waals surface area contributed by atoms with Crippen LogP contribution in [0.3, 0.4) is 0 Å². The summed E-state index contributed by atoms with van der Waals surface area (Å²) in [6, 6.07) is 9.89. The number of rotatable bonds is 4. The largest absolute Gasteiger partial charge is 0.278 e. The van der Waals surface area contributed by atoms with Crippen LogP contribution in [0, 0.1) is 0 Å². The molecule has 2 nitrogen and oxygen atoms in total. The molecule has 2 heteroatoms. The van der Waals surface area contributed by atoms with Gasteiger partial charge >= 0.3 is 0 Å². The van der Waals surface area contributed by atoms with Gasteiger partial charge < -0.3 is 0 Å². The molecule has 0 radical (unpaired) electrons. The number of nitrogens with one attached hydrogen (secondary N) is 1. The third-order valence-electron chi connectivity index (χ3n) is 2.26. The third-order valence-corrected chi connectivity index (χ3v) is 2.26. The molecule has 0 saturated heterocycles. The van der Waals surface area contributed by atoms with Crippen molar-refractivity contribution in [3.8, 4) is 0 Å². The highest BCUT2D eigenvalue weighted by Crippen LogP contribution is 2.10. The fourth-order valence-electron chi connectivity index (χ4n) is 1.49. The van der Waals surface area contributed by atoms with Crippen LogP contribution in [0.4, 0.5) is 5.69 Å². The van der Waals surface area contributed by atoms with Gasteiger partial charge in [-0.05, 0) is 44.1 Å². The van der Waals surface area contributed by atoms with Crippen LogP contribution in [0.2, 0.25) is 0 Å². The molecule has 0 saturated carbocycles. The lowest BCUT2D eigenvalue weighted by Crippen LogP contribution is -2.02. The molecule has 0 aliphatic heterocycles. The molecule has 0 heterocycles. The molecular weight excluding hydrogens is 196 g/mol. The van der Waals surface area contributed by atoms with Crippen molar-refractivity contribution in [1.29, 1.82) is 0 Å². The zero-order valence-electron chi connectivity index (χ0n) is 10.1. The van der Waals surface area contributed by atoms with E-state index in [1.54, 1.807) is 0 Å². The Hall–Kier alpha value is -1.83. The Morgan fingerprint density at radius 2 is 1.88 bits per heavy atom. The second-order valence-electron chi connectivity index (χ2n) is 3.66. The molecule has 1 rings (SSSR count). The molecule has 0 aromatic heterocycles. The lowest BCUT2D eigenvalue weighted by atomic mass is 10.1. The maximum absolute atomic E-state index is 4.32. The monoisotopic (exact) mass is 214 g/mol. The van der Waals surface area contributed by atoms with Crippen LogP contribution in [0.5, 0.6) is 0 Å². The van der Waals surface area contributed by atoms with E-state index in [2.05, 4.69) is 17.1 Å². The van der Waals surface area contributed by atoms with Gasteiger partial charge in [-0.1, -0.05) is 30.9 Å². The number of hydrogen-bond acceptors (Lipinski definition) is 2. The van der Waals surface area contributed by atoms with E-state index in [0.29, 0.717) is 0 Å². The molecule has 0 unspecified atom stereocenters. The van der Waals surface area contributed by atoms with Crippen molar-refractivity contribution in [2.24, 2.45) is 5.10 Å². The molecule has 84 valence electrons. The Morgan fingerprint density at radius 1 is 1.25 bits per heavy atom. The second kappa shape index (κ2) is 5.91. The molecule has 0 aliphatic carbocycles. The first kappa shape index (κ1) is 12.2. The molecule has 1 aromatic rings. The maximum atomic E-state index is 4.32. The van der Waals surface area contributed by atoms with E-state index in [4.69, 9.17) is 0 Å². The molecule has 1 N–H and O–H groups in total. The van der Waals surface area contributed by atoms with Gasteiger partial charge in [-0.15, -0.1) is 0 Å². The van der Waals surface area contributed by atoms with Crippen molar-refractivity contribution >= 4 is 11.4 Å². The van der Waals surface area contributed by atoms with Crippen LogP contribution in [-0.4, -0.2) is 5.71 Å². The van der Waals surface area contributed by atoms with E-state index in [0.717, 1.165) is 22.5 Å². The normalized spacial score (nSPS) is 12.4. The highest BCUT2D eigenvalue weighted by Gasteiger charge is 2.00. The quantitative estimate of drug-likeness (QED) is 0.457. The van der Waals surface area contributed by atoms with E-state index in [1.807, 2.05) is 57.2 Å². The maximum Gasteiger partial charge on any atom is 0.0647 e. The topological polar surface area (TPSA) is 24.4 Å². The second-order valence-corrected chi connectivity index (χ2v) is 3.66. The van der Waals surface area contributed by atoms with E-state index in [1.165, 1.54) is 0 Å². The van der Waals surface area contributed by atoms with Crippen LogP contribution in [0.25, 0.3) is 0 Å². The van der Waals surface area contributed by atoms with Crippen molar-refractivity contribution in [3.63, 3.8) is 0 Å². The van der Waals surface area contributed by atoms with Gasteiger partial charge in [0, 0.05) is 0 Å². The molecule has 0 aliphatic rings. The smallest absolute Gasteiger partial charge is 0.0647 e. The predicted octanol–water partition coefficient (Wildman–Crippen LogP) is 4.00. The summed E-state index contributed by atoms with van der Waals surface area (Å²) in [6.07, 6.45) is 2.02. The van der Waals surface area contributed by atoms with Crippen LogP contribution >= 0.6 is 0 Å². The van der Waals surface area contributed by atoms with Gasteiger partial charge in [0.15, 0.2) is 0 Å². The number of benzene rings is 1. The van der Waals surface area contributed by atoms with Crippen molar-refractivity contribution in [3.05, 3.63) is 54.1 Å². The minimum atomic E-state index is 0.943. The first-order valence-corrected chi connectivity index (χ1v) is 5.33. The zero-order valence-corrected chi connectivity index (χ0v) is 10.1. The zero-order chi connectivity index (χ0) is 12.0. The van der Waals surface area contributed by atoms with Gasteiger partial charge in [-0.25, -0.2) is 0 Å². The molecule has 0 amide bonds. The summed E-state index contributed by atoms with van der Waals surface area (Å²) in [6.45, 7) is 9.87. The molecule has 0 fully saturated rings. The van der Waals surface area contributed by atoms with Crippen molar-refractivity contribution in [1.82, 2.24) is 0 Å². The number of allylic oxidation sites excluding steroid dienone is 3. The van der Waals surface area contributed by atoms with Gasteiger partial charge in [0.2, 0.25) is 0 Å². The number of para-hydroxylation sites is 1. The van der Waals surface area contributed by atoms with Gasteiger partial charge in [-0.3, -0.25) is 5.43 Å². The molecule has 16 heavy (non-hydrogen) atoms. The van der Waals surface area contributed by atoms with Gasteiger partial charge in [-0.2, -0.15) is 5.10 Å². The Balaban J connectivity index is 2.75. The Labute approximate surface area is 97.4 Å². The summed E-state index contributed by atoms with van der Waals surface area (Å²) in [7, 11) is 0. The van der Waals surface area contributed by atoms with Crippen LogP contribution in [0.15, 0.2) is 59.2 Å². The number of hydrazone groups is 1. The van der Waals surface area contributed by atoms with Crippen LogP contribution < -0.4 is 5.43 Å². The van der Waals surface area contributed by atoms with Crippen molar-refractivity contribution < 1.29 is 0 Å². The minimum absolute atomic E-state index is 0.943. The average molecular weight is 214 g/mol. The summed E-state index contributed by atoms with van der Waals surface area (Å²) < 4.78 is 0. The molecule has 0 bridgehead atoms. The van der Waals surface area contributed by atoms with Gasteiger partial charge in [0.25, 0.3) is 0 Å². The standard InChI is InChI=1S/C14H18N2/c1-5-14(11(2)3)12(4)15-16-13-9-7-6-8-10-13/h5-10,16H,2H2,1,3-4H3/b14-5+,15-12-. The Morgan fingerprint density at radius 3 is 2.38 bits per heavy atom. The van der Waals surface area contributed by atoms with Gasteiger partial charge in [0.05, 0.1) is 11.4 Å².